The van der Waals surface area contributed by atoms with Gasteiger partial charge in [0.1, 0.15) is 12.4 Å². The molecule has 0 bridgehead atoms. The molecular formula is C39H77N2+. The van der Waals surface area contributed by atoms with Crippen molar-refractivity contribution in [3.63, 3.8) is 0 Å². The Kier molecular flexibility index (Phi) is 28.6. The van der Waals surface area contributed by atoms with Gasteiger partial charge in [-0.1, -0.05) is 181 Å². The Morgan fingerprint density at radius 1 is 0.415 bits per heavy atom. The second-order valence-corrected chi connectivity index (χ2v) is 13.4. The van der Waals surface area contributed by atoms with E-state index in [0.29, 0.717) is 0 Å². The van der Waals surface area contributed by atoms with Gasteiger partial charge in [-0.25, -0.2) is 9.13 Å². The van der Waals surface area contributed by atoms with Crippen LogP contribution in [0.25, 0.3) is 0 Å². The van der Waals surface area contributed by atoms with E-state index in [1.807, 2.05) is 0 Å². The first-order valence-corrected chi connectivity index (χ1v) is 19.4. The lowest BCUT2D eigenvalue weighted by atomic mass is 10.0. The predicted octanol–water partition coefficient (Wildman–Crippen LogP) is 13.1. The van der Waals surface area contributed by atoms with E-state index in [-0.39, 0.29) is 0 Å². The van der Waals surface area contributed by atoms with Gasteiger partial charge in [0.25, 0.3) is 5.82 Å². The molecule has 0 unspecified atom stereocenters. The Labute approximate surface area is 259 Å². The molecule has 0 aliphatic rings. The summed E-state index contributed by atoms with van der Waals surface area (Å²) in [6.45, 7) is 9.39. The first-order valence-electron chi connectivity index (χ1n) is 19.4. The first-order chi connectivity index (χ1) is 20.3. The molecule has 1 aromatic rings. The third-order valence-electron chi connectivity index (χ3n) is 9.35. The van der Waals surface area contributed by atoms with E-state index in [9.17, 15) is 0 Å². The minimum Gasteiger partial charge on any atom is -0.234 e. The molecule has 0 spiro atoms. The van der Waals surface area contributed by atoms with Crippen molar-refractivity contribution >= 4 is 0 Å². The number of hydrogen-bond acceptors (Lipinski definition) is 0. The van der Waals surface area contributed by atoms with Crippen LogP contribution < -0.4 is 4.57 Å². The van der Waals surface area contributed by atoms with Crippen molar-refractivity contribution in [2.45, 2.75) is 233 Å². The molecule has 2 heteroatoms. The maximum atomic E-state index is 2.62. The topological polar surface area (TPSA) is 8.81 Å². The summed E-state index contributed by atoms with van der Waals surface area (Å²) in [6.07, 6.45) is 48.9. The zero-order valence-electron chi connectivity index (χ0n) is 28.9. The average molecular weight is 574 g/mol. The van der Waals surface area contributed by atoms with Crippen LogP contribution in [-0.4, -0.2) is 4.57 Å². The van der Waals surface area contributed by atoms with Crippen molar-refractivity contribution in [1.29, 1.82) is 0 Å². The fraction of sp³-hybridized carbons (Fsp3) is 0.923. The predicted molar refractivity (Wildman–Crippen MR) is 184 cm³/mol. The van der Waals surface area contributed by atoms with Gasteiger partial charge in [0.05, 0.1) is 13.1 Å². The third-order valence-corrected chi connectivity index (χ3v) is 9.35. The van der Waals surface area contributed by atoms with E-state index in [2.05, 4.69) is 42.3 Å². The molecule has 41 heavy (non-hydrogen) atoms. The van der Waals surface area contributed by atoms with Crippen molar-refractivity contribution in [2.75, 3.05) is 0 Å². The molecule has 0 radical (unpaired) electrons. The first kappa shape index (κ1) is 38.2. The summed E-state index contributed by atoms with van der Waals surface area (Å²) in [5, 5.41) is 0. The molecule has 0 N–H and O–H groups in total. The SMILES string of the molecule is CCCCCCCCCCCCCCCCCCc1n(CCCCCCCCCCC)cc[n+]1CCCCCCC. The monoisotopic (exact) mass is 574 g/mol. The van der Waals surface area contributed by atoms with E-state index < -0.39 is 0 Å². The van der Waals surface area contributed by atoms with Gasteiger partial charge in [0, 0.05) is 6.42 Å². The number of aromatic nitrogens is 2. The number of imidazole rings is 1. The van der Waals surface area contributed by atoms with Crippen LogP contribution in [0.5, 0.6) is 0 Å². The zero-order chi connectivity index (χ0) is 29.5. The number of hydrogen-bond donors (Lipinski definition) is 0. The average Bonchev–Trinajstić information content (AvgIpc) is 3.37. The Morgan fingerprint density at radius 3 is 1.17 bits per heavy atom. The standard InChI is InChI=1S/C39H77N2/c1-4-7-10-13-15-17-18-19-20-21-22-23-24-26-28-31-34-39-40(35-32-29-12-9-6-3)37-38-41(39)36-33-30-27-25-16-14-11-8-5-2/h37-38H,4-36H2,1-3H3/q+1. The normalized spacial score (nSPS) is 11.6. The van der Waals surface area contributed by atoms with Crippen LogP contribution in [0.1, 0.15) is 219 Å². The number of rotatable bonds is 33. The van der Waals surface area contributed by atoms with Crippen LogP contribution in [0, 0.1) is 0 Å². The molecule has 1 aromatic heterocycles. The Bertz CT molecular complexity index is 634. The largest absolute Gasteiger partial charge is 0.256 e. The lowest BCUT2D eigenvalue weighted by molar-refractivity contribution is -0.704. The molecule has 0 amide bonds. The summed E-state index contributed by atoms with van der Waals surface area (Å²) in [5.74, 6) is 1.62. The summed E-state index contributed by atoms with van der Waals surface area (Å²) in [5.41, 5.74) is 0. The molecule has 0 saturated carbocycles. The van der Waals surface area contributed by atoms with Gasteiger partial charge in [0.2, 0.25) is 0 Å². The third kappa shape index (κ3) is 23.4. The molecule has 0 aliphatic heterocycles. The van der Waals surface area contributed by atoms with Gasteiger partial charge in [0.15, 0.2) is 0 Å². The van der Waals surface area contributed by atoms with Crippen LogP contribution in [0.4, 0.5) is 0 Å². The molecule has 0 aromatic carbocycles. The Hall–Kier alpha value is -0.790. The number of nitrogens with zero attached hydrogens (tertiary/aromatic N) is 2. The minimum atomic E-state index is 1.22. The molecule has 0 saturated heterocycles. The second-order valence-electron chi connectivity index (χ2n) is 13.4. The van der Waals surface area contributed by atoms with Crippen molar-refractivity contribution in [2.24, 2.45) is 0 Å². The summed E-state index contributed by atoms with van der Waals surface area (Å²) in [7, 11) is 0. The van der Waals surface area contributed by atoms with E-state index in [1.165, 1.54) is 212 Å². The summed E-state index contributed by atoms with van der Waals surface area (Å²) in [6, 6.07) is 0. The highest BCUT2D eigenvalue weighted by Gasteiger charge is 2.16. The summed E-state index contributed by atoms with van der Waals surface area (Å²) in [4.78, 5) is 0. The fourth-order valence-electron chi connectivity index (χ4n) is 6.50. The number of aryl methyl sites for hydroxylation is 2. The zero-order valence-corrected chi connectivity index (χ0v) is 28.9. The van der Waals surface area contributed by atoms with E-state index >= 15 is 0 Å². The Balaban J connectivity index is 2.19. The maximum Gasteiger partial charge on any atom is 0.256 e. The summed E-state index contributed by atoms with van der Waals surface area (Å²) >= 11 is 0. The van der Waals surface area contributed by atoms with Crippen molar-refractivity contribution in [1.82, 2.24) is 4.57 Å². The van der Waals surface area contributed by atoms with E-state index in [0.717, 1.165) is 0 Å². The smallest absolute Gasteiger partial charge is 0.234 e. The van der Waals surface area contributed by atoms with Gasteiger partial charge in [-0.3, -0.25) is 0 Å². The second kappa shape index (κ2) is 30.7. The lowest BCUT2D eigenvalue weighted by Crippen LogP contribution is -2.37. The molecule has 0 aliphatic carbocycles. The molecule has 1 rings (SSSR count). The minimum absolute atomic E-state index is 1.22. The molecule has 0 fully saturated rings. The van der Waals surface area contributed by atoms with Crippen LogP contribution in [0.3, 0.4) is 0 Å². The van der Waals surface area contributed by atoms with Crippen molar-refractivity contribution in [3.8, 4) is 0 Å². The maximum absolute atomic E-state index is 2.62. The quantitative estimate of drug-likeness (QED) is 0.0584. The summed E-state index contributed by atoms with van der Waals surface area (Å²) < 4.78 is 5.24. The molecule has 1 heterocycles. The van der Waals surface area contributed by atoms with Gasteiger partial charge < -0.3 is 0 Å². The van der Waals surface area contributed by atoms with Crippen molar-refractivity contribution in [3.05, 3.63) is 18.2 Å². The van der Waals surface area contributed by atoms with Crippen LogP contribution in [0.2, 0.25) is 0 Å². The highest BCUT2D eigenvalue weighted by Crippen LogP contribution is 2.15. The fourth-order valence-corrected chi connectivity index (χ4v) is 6.50. The Morgan fingerprint density at radius 2 is 0.756 bits per heavy atom. The number of unbranched alkanes of at least 4 members (excludes halogenated alkanes) is 27. The molecule has 242 valence electrons. The van der Waals surface area contributed by atoms with Gasteiger partial charge in [-0.05, 0) is 32.1 Å². The van der Waals surface area contributed by atoms with E-state index in [4.69, 9.17) is 0 Å². The van der Waals surface area contributed by atoms with Crippen molar-refractivity contribution < 1.29 is 4.57 Å². The molecule has 2 nitrogen and oxygen atoms in total. The van der Waals surface area contributed by atoms with Crippen LogP contribution >= 0.6 is 0 Å². The van der Waals surface area contributed by atoms with Crippen LogP contribution in [-0.2, 0) is 19.5 Å². The highest BCUT2D eigenvalue weighted by atomic mass is 15.1. The van der Waals surface area contributed by atoms with E-state index in [1.54, 1.807) is 5.82 Å². The van der Waals surface area contributed by atoms with Gasteiger partial charge in [-0.2, -0.15) is 0 Å². The molecule has 0 atom stereocenters. The van der Waals surface area contributed by atoms with Gasteiger partial charge in [-0.15, -0.1) is 0 Å². The lowest BCUT2D eigenvalue weighted by Gasteiger charge is -2.07. The molecular weight excluding hydrogens is 496 g/mol. The highest BCUT2D eigenvalue weighted by molar-refractivity contribution is 4.84. The van der Waals surface area contributed by atoms with Gasteiger partial charge >= 0.3 is 0 Å². The van der Waals surface area contributed by atoms with Crippen LogP contribution in [0.15, 0.2) is 12.4 Å².